The highest BCUT2D eigenvalue weighted by molar-refractivity contribution is 6.48. The van der Waals surface area contributed by atoms with Crippen LogP contribution >= 0.6 is 46.4 Å². The number of ketones is 1. The average molecular weight is 470 g/mol. The van der Waals surface area contributed by atoms with Crippen LogP contribution in [-0.4, -0.2) is 12.0 Å². The third kappa shape index (κ3) is 6.15. The molecule has 2 aromatic carbocycles. The van der Waals surface area contributed by atoms with Crippen molar-refractivity contribution in [2.75, 3.05) is 0 Å². The Labute approximate surface area is 181 Å². The summed E-state index contributed by atoms with van der Waals surface area (Å²) >= 11 is 23.7. The van der Waals surface area contributed by atoms with Gasteiger partial charge in [-0.15, -0.1) is 0 Å². The first-order valence-corrected chi connectivity index (χ1v) is 9.67. The molecular weight excluding hydrogens is 455 g/mol. The zero-order chi connectivity index (χ0) is 21.1. The summed E-state index contributed by atoms with van der Waals surface area (Å²) in [6.07, 6.45) is -1.39. The van der Waals surface area contributed by atoms with Crippen LogP contribution < -0.4 is 0 Å². The van der Waals surface area contributed by atoms with Crippen molar-refractivity contribution in [1.29, 1.82) is 0 Å². The minimum atomic E-state index is -4.55. The molecule has 0 spiro atoms. The van der Waals surface area contributed by atoms with E-state index < -0.39 is 12.1 Å². The fraction of sp³-hybridized carbons (Fsp3) is 0.250. The van der Waals surface area contributed by atoms with Crippen LogP contribution in [0.3, 0.4) is 0 Å². The fourth-order valence-corrected chi connectivity index (χ4v) is 3.45. The predicted octanol–water partition coefficient (Wildman–Crippen LogP) is 8.18. The number of rotatable bonds is 6. The molecule has 0 amide bonds. The summed E-state index contributed by atoms with van der Waals surface area (Å²) in [5.41, 5.74) is 1.14. The van der Waals surface area contributed by atoms with Crippen molar-refractivity contribution in [2.45, 2.75) is 31.9 Å². The van der Waals surface area contributed by atoms with Crippen LogP contribution in [0.1, 0.15) is 36.0 Å². The predicted molar refractivity (Wildman–Crippen MR) is 110 cm³/mol. The Morgan fingerprint density at radius 1 is 1.04 bits per heavy atom. The number of Topliss-reactive ketones (excluding diaryl/α,β-unsaturated/α-hetero) is 1. The third-order valence-electron chi connectivity index (χ3n) is 4.02. The maximum Gasteiger partial charge on any atom is 0.399 e. The van der Waals surface area contributed by atoms with Crippen molar-refractivity contribution < 1.29 is 18.0 Å². The second-order valence-corrected chi connectivity index (χ2v) is 7.83. The molecule has 0 fully saturated rings. The molecule has 0 saturated heterocycles. The van der Waals surface area contributed by atoms with Gasteiger partial charge in [-0.2, -0.15) is 13.2 Å². The first kappa shape index (κ1) is 23.1. The van der Waals surface area contributed by atoms with Gasteiger partial charge in [0, 0.05) is 11.4 Å². The van der Waals surface area contributed by atoms with E-state index in [4.69, 9.17) is 46.4 Å². The Morgan fingerprint density at radius 3 is 2.14 bits per heavy atom. The van der Waals surface area contributed by atoms with E-state index >= 15 is 0 Å². The molecule has 150 valence electrons. The number of carbonyl (C=O) groups excluding carboxylic acids is 1. The SMILES string of the molecule is CC(=O)CCc1ccc(/C=C/C(c2cc(Cl)c(Cl)c(Cl)c2)C(F)(F)F)cc1Cl. The summed E-state index contributed by atoms with van der Waals surface area (Å²) < 4.78 is 40.7. The summed E-state index contributed by atoms with van der Waals surface area (Å²) in [4.78, 5) is 11.1. The number of allylic oxidation sites excluding steroid dienone is 1. The van der Waals surface area contributed by atoms with Gasteiger partial charge in [-0.1, -0.05) is 70.7 Å². The van der Waals surface area contributed by atoms with Gasteiger partial charge >= 0.3 is 6.18 Å². The Balaban J connectivity index is 2.32. The molecule has 1 unspecified atom stereocenters. The minimum absolute atomic E-state index is 0.00455. The number of carbonyl (C=O) groups is 1. The summed E-state index contributed by atoms with van der Waals surface area (Å²) in [7, 11) is 0. The van der Waals surface area contributed by atoms with E-state index in [0.717, 1.165) is 23.8 Å². The van der Waals surface area contributed by atoms with Crippen LogP contribution in [0.25, 0.3) is 6.08 Å². The first-order valence-electron chi connectivity index (χ1n) is 8.16. The zero-order valence-electron chi connectivity index (χ0n) is 14.6. The monoisotopic (exact) mass is 468 g/mol. The Hall–Kier alpha value is -1.20. The van der Waals surface area contributed by atoms with Crippen LogP contribution in [0.2, 0.25) is 20.1 Å². The van der Waals surface area contributed by atoms with Gasteiger partial charge in [0.2, 0.25) is 0 Å². The van der Waals surface area contributed by atoms with Gasteiger partial charge in [-0.25, -0.2) is 0 Å². The van der Waals surface area contributed by atoms with Crippen molar-refractivity contribution in [3.63, 3.8) is 0 Å². The van der Waals surface area contributed by atoms with E-state index in [1.165, 1.54) is 13.0 Å². The van der Waals surface area contributed by atoms with E-state index in [0.29, 0.717) is 23.4 Å². The fourth-order valence-electron chi connectivity index (χ4n) is 2.55. The molecule has 0 aliphatic rings. The highest BCUT2D eigenvalue weighted by Gasteiger charge is 2.39. The minimum Gasteiger partial charge on any atom is -0.300 e. The van der Waals surface area contributed by atoms with Gasteiger partial charge in [0.25, 0.3) is 0 Å². The van der Waals surface area contributed by atoms with E-state index in [9.17, 15) is 18.0 Å². The van der Waals surface area contributed by atoms with Crippen LogP contribution in [0.15, 0.2) is 36.4 Å². The number of aryl methyl sites for hydroxylation is 1. The van der Waals surface area contributed by atoms with Gasteiger partial charge < -0.3 is 4.79 Å². The largest absolute Gasteiger partial charge is 0.399 e. The van der Waals surface area contributed by atoms with Crippen LogP contribution in [0.4, 0.5) is 13.2 Å². The highest BCUT2D eigenvalue weighted by atomic mass is 35.5. The third-order valence-corrected chi connectivity index (χ3v) is 5.57. The van der Waals surface area contributed by atoms with Crippen molar-refractivity contribution in [3.05, 3.63) is 73.2 Å². The van der Waals surface area contributed by atoms with Crippen LogP contribution in [0, 0.1) is 0 Å². The molecule has 0 saturated carbocycles. The standard InChI is InChI=1S/C20H15Cl4F3O/c1-11(28)2-5-13-6-3-12(8-16(13)21)4-7-15(20(25,26)27)14-9-17(22)19(24)18(23)10-14/h3-4,6-10,15H,2,5H2,1H3/b7-4+. The number of alkyl halides is 3. The molecule has 0 radical (unpaired) electrons. The molecule has 1 nitrogen and oxygen atoms in total. The molecule has 0 aromatic heterocycles. The molecule has 2 rings (SSSR count). The smallest absolute Gasteiger partial charge is 0.300 e. The van der Waals surface area contributed by atoms with Crippen molar-refractivity contribution in [2.24, 2.45) is 0 Å². The van der Waals surface area contributed by atoms with E-state index in [-0.39, 0.29) is 26.4 Å². The zero-order valence-corrected chi connectivity index (χ0v) is 17.6. The quantitative estimate of drug-likeness (QED) is 0.389. The first-order chi connectivity index (χ1) is 13.0. The van der Waals surface area contributed by atoms with Crippen molar-refractivity contribution in [3.8, 4) is 0 Å². The molecule has 0 aliphatic heterocycles. The summed E-state index contributed by atoms with van der Waals surface area (Å²) in [5.74, 6) is -1.88. The topological polar surface area (TPSA) is 17.1 Å². The van der Waals surface area contributed by atoms with E-state index in [1.54, 1.807) is 18.2 Å². The van der Waals surface area contributed by atoms with Gasteiger partial charge in [0.1, 0.15) is 5.78 Å². The van der Waals surface area contributed by atoms with Gasteiger partial charge in [-0.3, -0.25) is 0 Å². The lowest BCUT2D eigenvalue weighted by Gasteiger charge is -2.18. The lowest BCUT2D eigenvalue weighted by molar-refractivity contribution is -0.139. The number of halogens is 7. The summed E-state index contributed by atoms with van der Waals surface area (Å²) in [5, 5.41) is 0.295. The second kappa shape index (κ2) is 9.53. The summed E-state index contributed by atoms with van der Waals surface area (Å²) in [6, 6.07) is 7.20. The molecule has 0 N–H and O–H groups in total. The molecule has 2 aromatic rings. The van der Waals surface area contributed by atoms with Crippen LogP contribution in [-0.2, 0) is 11.2 Å². The molecule has 28 heavy (non-hydrogen) atoms. The van der Waals surface area contributed by atoms with E-state index in [1.807, 2.05) is 0 Å². The molecule has 1 atom stereocenters. The van der Waals surface area contributed by atoms with Crippen molar-refractivity contribution in [1.82, 2.24) is 0 Å². The lowest BCUT2D eigenvalue weighted by Crippen LogP contribution is -2.19. The molecule has 0 bridgehead atoms. The van der Waals surface area contributed by atoms with Gasteiger partial charge in [0.15, 0.2) is 0 Å². The molecule has 0 aliphatic carbocycles. The number of hydrogen-bond acceptors (Lipinski definition) is 1. The Kier molecular flexibility index (Phi) is 7.86. The number of benzene rings is 2. The maximum absolute atomic E-state index is 13.6. The number of hydrogen-bond donors (Lipinski definition) is 0. The van der Waals surface area contributed by atoms with Crippen LogP contribution in [0.5, 0.6) is 0 Å². The van der Waals surface area contributed by atoms with Crippen molar-refractivity contribution >= 4 is 58.3 Å². The molecule has 8 heteroatoms. The lowest BCUT2D eigenvalue weighted by atomic mass is 9.96. The van der Waals surface area contributed by atoms with E-state index in [2.05, 4.69) is 0 Å². The summed E-state index contributed by atoms with van der Waals surface area (Å²) in [6.45, 7) is 1.48. The Bertz CT molecular complexity index is 884. The molecular formula is C20H15Cl4F3O. The van der Waals surface area contributed by atoms with Gasteiger partial charge in [-0.05, 0) is 48.2 Å². The Morgan fingerprint density at radius 2 is 1.64 bits per heavy atom. The second-order valence-electron chi connectivity index (χ2n) is 6.23. The average Bonchev–Trinajstić information content (AvgIpc) is 2.57. The normalized spacial score (nSPS) is 13.1. The van der Waals surface area contributed by atoms with Gasteiger partial charge in [0.05, 0.1) is 21.0 Å². The molecule has 0 heterocycles. The maximum atomic E-state index is 13.6. The highest BCUT2D eigenvalue weighted by Crippen LogP contribution is 2.41.